The highest BCUT2D eigenvalue weighted by Gasteiger charge is 2.44. The minimum atomic E-state index is -0.942. The van der Waals surface area contributed by atoms with Gasteiger partial charge in [0.1, 0.15) is 12.4 Å². The Balaban J connectivity index is 1.32. The number of aliphatic carboxylic acids is 1. The second-order valence-corrected chi connectivity index (χ2v) is 12.4. The average molecular weight is 541 g/mol. The number of nitrogens with zero attached hydrogens (tertiary/aromatic N) is 2. The third-order valence-electron chi connectivity index (χ3n) is 8.03. The average Bonchev–Trinajstić information content (AvgIpc) is 3.30. The Bertz CT molecular complexity index is 1180. The maximum absolute atomic E-state index is 14.0. The monoisotopic (exact) mass is 540 g/mol. The van der Waals surface area contributed by atoms with E-state index in [1.54, 1.807) is 23.5 Å². The molecule has 0 amide bonds. The zero-order chi connectivity index (χ0) is 27.1. The highest BCUT2D eigenvalue weighted by molar-refractivity contribution is 7.18. The molecule has 7 heteroatoms. The summed E-state index contributed by atoms with van der Waals surface area (Å²) in [7, 11) is 2.18. The Labute approximate surface area is 230 Å². The smallest absolute Gasteiger partial charge is 0.329 e. The van der Waals surface area contributed by atoms with Crippen LogP contribution in [0.15, 0.2) is 42.5 Å². The van der Waals surface area contributed by atoms with Gasteiger partial charge in [0.2, 0.25) is 0 Å². The van der Waals surface area contributed by atoms with Gasteiger partial charge in [0, 0.05) is 5.41 Å². The number of aromatic nitrogens is 1. The predicted molar refractivity (Wildman–Crippen MR) is 152 cm³/mol. The van der Waals surface area contributed by atoms with Crippen molar-refractivity contribution < 1.29 is 19.0 Å². The lowest BCUT2D eigenvalue weighted by molar-refractivity contribution is -0.144. The number of carboxylic acid groups (broad SMARTS) is 1. The van der Waals surface area contributed by atoms with Crippen LogP contribution in [0.4, 0.5) is 4.39 Å². The summed E-state index contributed by atoms with van der Waals surface area (Å²) in [6.07, 6.45) is 7.07. The molecule has 4 rings (SSSR count). The molecule has 3 aromatic rings. The summed E-state index contributed by atoms with van der Waals surface area (Å²) in [5, 5.41) is 10.4. The van der Waals surface area contributed by atoms with E-state index in [4.69, 9.17) is 9.72 Å². The molecule has 1 aliphatic rings. The van der Waals surface area contributed by atoms with Gasteiger partial charge in [-0.3, -0.25) is 0 Å². The van der Waals surface area contributed by atoms with Crippen LogP contribution in [-0.2, 0) is 22.4 Å². The van der Waals surface area contributed by atoms with Crippen LogP contribution < -0.4 is 0 Å². The largest absolute Gasteiger partial charge is 0.480 e. The van der Waals surface area contributed by atoms with Gasteiger partial charge < -0.3 is 14.7 Å². The molecule has 0 aliphatic heterocycles. The van der Waals surface area contributed by atoms with E-state index in [1.807, 2.05) is 12.1 Å². The van der Waals surface area contributed by atoms with Crippen LogP contribution >= 0.6 is 11.3 Å². The first-order chi connectivity index (χ1) is 18.3. The molecule has 1 N–H and O–H groups in total. The summed E-state index contributed by atoms with van der Waals surface area (Å²) in [5.41, 5.74) is 3.21. The van der Waals surface area contributed by atoms with Crippen molar-refractivity contribution in [3.05, 3.63) is 64.4 Å². The van der Waals surface area contributed by atoms with Crippen molar-refractivity contribution in [2.24, 2.45) is 11.3 Å². The number of unbranched alkanes of at least 4 members (excludes halogenated alkanes) is 2. The summed E-state index contributed by atoms with van der Waals surface area (Å²) < 4.78 is 21.0. The number of aryl methyl sites for hydroxylation is 2. The summed E-state index contributed by atoms with van der Waals surface area (Å²) in [5.74, 6) is -0.602. The van der Waals surface area contributed by atoms with Gasteiger partial charge in [-0.2, -0.15) is 0 Å². The predicted octanol–water partition coefficient (Wildman–Crippen LogP) is 6.94. The van der Waals surface area contributed by atoms with Crippen LogP contribution in [-0.4, -0.2) is 54.3 Å². The van der Waals surface area contributed by atoms with Gasteiger partial charge in [-0.1, -0.05) is 38.5 Å². The number of para-hydroxylation sites is 1. The number of benzene rings is 2. The number of thiazole rings is 1. The van der Waals surface area contributed by atoms with Crippen LogP contribution in [0.1, 0.15) is 68.0 Å². The topological polar surface area (TPSA) is 62.7 Å². The van der Waals surface area contributed by atoms with Gasteiger partial charge >= 0.3 is 5.97 Å². The van der Waals surface area contributed by atoms with Crippen molar-refractivity contribution in [1.29, 1.82) is 0 Å². The first kappa shape index (κ1) is 28.7. The number of hydrogen-bond donors (Lipinski definition) is 1. The second kappa shape index (κ2) is 13.1. The zero-order valence-corrected chi connectivity index (χ0v) is 23.7. The van der Waals surface area contributed by atoms with Crippen LogP contribution in [0.25, 0.3) is 10.2 Å². The van der Waals surface area contributed by atoms with Gasteiger partial charge in [0.25, 0.3) is 0 Å². The Hall–Kier alpha value is -2.35. The fourth-order valence-corrected chi connectivity index (χ4v) is 7.28. The number of rotatable bonds is 14. The number of hydrogen-bond acceptors (Lipinski definition) is 5. The van der Waals surface area contributed by atoms with Crippen molar-refractivity contribution in [2.45, 2.75) is 64.7 Å². The van der Waals surface area contributed by atoms with Gasteiger partial charge in [0.05, 0.1) is 21.8 Å². The fraction of sp³-hybridized carbons (Fsp3) is 0.548. The van der Waals surface area contributed by atoms with E-state index in [0.29, 0.717) is 12.5 Å². The molecule has 0 saturated heterocycles. The van der Waals surface area contributed by atoms with Crippen LogP contribution in [0.5, 0.6) is 0 Å². The second-order valence-electron chi connectivity index (χ2n) is 11.3. The molecule has 5 nitrogen and oxygen atoms in total. The highest BCUT2D eigenvalue weighted by atomic mass is 32.1. The van der Waals surface area contributed by atoms with Crippen molar-refractivity contribution in [3.63, 3.8) is 0 Å². The normalized spacial score (nSPS) is 19.4. The molecule has 2 aromatic carbocycles. The van der Waals surface area contributed by atoms with Crippen LogP contribution in [0.3, 0.4) is 0 Å². The van der Waals surface area contributed by atoms with Crippen molar-refractivity contribution in [1.82, 2.24) is 9.88 Å². The minimum Gasteiger partial charge on any atom is -0.480 e. The lowest BCUT2D eigenvalue weighted by Crippen LogP contribution is -2.43. The number of ether oxygens (including phenoxy) is 1. The van der Waals surface area contributed by atoms with E-state index in [-0.39, 0.29) is 23.8 Å². The van der Waals surface area contributed by atoms with E-state index in [9.17, 15) is 14.3 Å². The molecule has 0 radical (unpaired) electrons. The van der Waals surface area contributed by atoms with Crippen LogP contribution in [0.2, 0.25) is 0 Å². The van der Waals surface area contributed by atoms with Crippen LogP contribution in [0, 0.1) is 17.2 Å². The van der Waals surface area contributed by atoms with Gasteiger partial charge in [-0.15, -0.1) is 11.3 Å². The molecular formula is C31H41FN2O3S. The third-order valence-corrected chi connectivity index (χ3v) is 9.13. The molecule has 0 bridgehead atoms. The summed E-state index contributed by atoms with van der Waals surface area (Å²) in [6, 6.07) is 13.5. The third kappa shape index (κ3) is 7.19. The molecule has 2 atom stereocenters. The maximum Gasteiger partial charge on any atom is 0.329 e. The molecule has 0 saturated carbocycles. The molecular weight excluding hydrogens is 499 g/mol. The molecule has 1 aromatic heterocycles. The van der Waals surface area contributed by atoms with Crippen molar-refractivity contribution in [3.8, 4) is 0 Å². The lowest BCUT2D eigenvalue weighted by atomic mass is 9.59. The van der Waals surface area contributed by atoms with Gasteiger partial charge in [-0.25, -0.2) is 14.2 Å². The standard InChI is InChI=1S/C31H41FN2O3S/c1-22(2)30-25-13-12-24(32)19-23(25)14-15-31(30,21-37-20-29(35)36)16-18-34(3)17-8-4-5-11-28-33-26-9-6-7-10-27(26)38-28/h6-7,9-10,12-13,19,22,30H,4-5,8,11,14-18,20-21H2,1-3H3,(H,35,36)/t30-,31+/m0/s1. The highest BCUT2D eigenvalue weighted by Crippen LogP contribution is 2.52. The molecule has 206 valence electrons. The minimum absolute atomic E-state index is 0.171. The summed E-state index contributed by atoms with van der Waals surface area (Å²) in [4.78, 5) is 18.3. The molecule has 1 aliphatic carbocycles. The van der Waals surface area contributed by atoms with E-state index < -0.39 is 5.97 Å². The zero-order valence-electron chi connectivity index (χ0n) is 22.9. The number of carbonyl (C=O) groups is 1. The molecule has 38 heavy (non-hydrogen) atoms. The molecule has 0 unspecified atom stereocenters. The summed E-state index contributed by atoms with van der Waals surface area (Å²) >= 11 is 1.80. The Kier molecular flexibility index (Phi) is 9.91. The number of halogens is 1. The maximum atomic E-state index is 14.0. The molecule has 0 spiro atoms. The Morgan fingerprint density at radius 1 is 1.21 bits per heavy atom. The molecule has 1 heterocycles. The summed E-state index contributed by atoms with van der Waals surface area (Å²) in [6.45, 7) is 6.50. The first-order valence-electron chi connectivity index (χ1n) is 13.9. The van der Waals surface area contributed by atoms with Crippen molar-refractivity contribution in [2.75, 3.05) is 33.4 Å². The number of carboxylic acids is 1. The lowest BCUT2D eigenvalue weighted by Gasteiger charge is -2.48. The van der Waals surface area contributed by atoms with Gasteiger partial charge in [0.15, 0.2) is 0 Å². The molecule has 0 fully saturated rings. The Morgan fingerprint density at radius 3 is 2.79 bits per heavy atom. The SMILES string of the molecule is CC(C)[C@H]1c2ccc(F)cc2CC[C@@]1(CCN(C)CCCCCc1nc2ccccc2s1)COCC(=O)O. The number of fused-ring (bicyclic) bond motifs is 2. The van der Waals surface area contributed by atoms with E-state index in [0.717, 1.165) is 62.7 Å². The van der Waals surface area contributed by atoms with E-state index in [1.165, 1.54) is 21.7 Å². The van der Waals surface area contributed by atoms with E-state index >= 15 is 0 Å². The quantitative estimate of drug-likeness (QED) is 0.224. The van der Waals surface area contributed by atoms with Gasteiger partial charge in [-0.05, 0) is 106 Å². The Morgan fingerprint density at radius 2 is 2.03 bits per heavy atom. The van der Waals surface area contributed by atoms with E-state index in [2.05, 4.69) is 44.0 Å². The first-order valence-corrected chi connectivity index (χ1v) is 14.7. The van der Waals surface area contributed by atoms with Crippen molar-refractivity contribution >= 4 is 27.5 Å². The fourth-order valence-electron chi connectivity index (χ4n) is 6.27.